The predicted octanol–water partition coefficient (Wildman–Crippen LogP) is 1.72. The zero-order valence-electron chi connectivity index (χ0n) is 12.3. The molecule has 0 radical (unpaired) electrons. The summed E-state index contributed by atoms with van der Waals surface area (Å²) in [5.41, 5.74) is 6.40. The molecule has 116 valence electrons. The Bertz CT molecular complexity index is 441. The van der Waals surface area contributed by atoms with Gasteiger partial charge in [0.25, 0.3) is 0 Å². The zero-order chi connectivity index (χ0) is 15.1. The molecule has 0 amide bonds. The van der Waals surface area contributed by atoms with Crippen LogP contribution in [0.25, 0.3) is 0 Å². The van der Waals surface area contributed by atoms with Crippen LogP contribution in [0.15, 0.2) is 24.3 Å². The highest BCUT2D eigenvalue weighted by molar-refractivity contribution is 5.89. The van der Waals surface area contributed by atoms with E-state index in [-0.39, 0.29) is 6.73 Å². The highest BCUT2D eigenvalue weighted by Crippen LogP contribution is 2.19. The first kappa shape index (κ1) is 15.9. The molecule has 1 fully saturated rings. The Kier molecular flexibility index (Phi) is 6.17. The minimum Gasteiger partial charge on any atom is -0.446 e. The Morgan fingerprint density at radius 1 is 1.29 bits per heavy atom. The topological polar surface area (TPSA) is 84.6 Å². The van der Waals surface area contributed by atoms with Gasteiger partial charge in [-0.25, -0.2) is 4.79 Å². The van der Waals surface area contributed by atoms with E-state index in [1.807, 2.05) is 0 Å². The first-order chi connectivity index (χ1) is 10.2. The van der Waals surface area contributed by atoms with E-state index in [4.69, 9.17) is 10.5 Å². The van der Waals surface area contributed by atoms with E-state index in [2.05, 4.69) is 5.32 Å². The number of hydrogen-bond donors (Lipinski definition) is 3. The number of hydrogen-bond acceptors (Lipinski definition) is 5. The number of nitrogens with one attached hydrogen (secondary N) is 1. The molecule has 0 saturated heterocycles. The summed E-state index contributed by atoms with van der Waals surface area (Å²) in [6, 6.07) is 7.32. The normalized spacial score (nSPS) is 17.4. The van der Waals surface area contributed by atoms with Gasteiger partial charge in [-0.1, -0.05) is 31.4 Å². The number of carbonyl (C=O) groups excluding carboxylic acids is 1. The molecule has 1 atom stereocenters. The summed E-state index contributed by atoms with van der Waals surface area (Å²) in [5.74, 6) is -0.445. The maximum absolute atomic E-state index is 11.5. The molecule has 5 heteroatoms. The number of esters is 1. The van der Waals surface area contributed by atoms with Gasteiger partial charge in [0.15, 0.2) is 0 Å². The number of benzene rings is 1. The van der Waals surface area contributed by atoms with Crippen LogP contribution in [-0.2, 0) is 4.74 Å². The van der Waals surface area contributed by atoms with Crippen molar-refractivity contribution in [3.63, 3.8) is 0 Å². The smallest absolute Gasteiger partial charge is 0.339 e. The molecule has 0 heterocycles. The molecule has 1 aromatic rings. The van der Waals surface area contributed by atoms with Gasteiger partial charge in [-0.15, -0.1) is 0 Å². The Morgan fingerprint density at radius 2 is 1.95 bits per heavy atom. The minimum absolute atomic E-state index is 0.130. The second-order valence-electron chi connectivity index (χ2n) is 5.48. The van der Waals surface area contributed by atoms with Crippen molar-refractivity contribution in [1.29, 1.82) is 0 Å². The van der Waals surface area contributed by atoms with Crippen molar-refractivity contribution < 1.29 is 14.6 Å². The highest BCUT2D eigenvalue weighted by atomic mass is 16.5. The van der Waals surface area contributed by atoms with Crippen molar-refractivity contribution >= 4 is 5.97 Å². The quantitative estimate of drug-likeness (QED) is 0.549. The summed E-state index contributed by atoms with van der Waals surface area (Å²) in [4.78, 5) is 11.5. The van der Waals surface area contributed by atoms with Gasteiger partial charge in [-0.2, -0.15) is 0 Å². The fourth-order valence-electron chi connectivity index (χ4n) is 2.70. The number of aliphatic hydroxyl groups is 1. The number of rotatable bonds is 6. The van der Waals surface area contributed by atoms with Crippen LogP contribution < -0.4 is 11.1 Å². The lowest BCUT2D eigenvalue weighted by Gasteiger charge is -2.24. The van der Waals surface area contributed by atoms with Crippen molar-refractivity contribution in [2.45, 2.75) is 44.2 Å². The van der Waals surface area contributed by atoms with Crippen LogP contribution in [0.3, 0.4) is 0 Å². The van der Waals surface area contributed by atoms with Gasteiger partial charge in [0.2, 0.25) is 0 Å². The molecule has 21 heavy (non-hydrogen) atoms. The number of carbonyl (C=O) groups is 1. The summed E-state index contributed by atoms with van der Waals surface area (Å²) in [6.07, 6.45) is 5.68. The first-order valence-corrected chi connectivity index (χ1v) is 7.59. The summed E-state index contributed by atoms with van der Waals surface area (Å²) < 4.78 is 4.72. The van der Waals surface area contributed by atoms with Crippen LogP contribution >= 0.6 is 0 Å². The molecular weight excluding hydrogens is 268 g/mol. The first-order valence-electron chi connectivity index (χ1n) is 7.59. The molecule has 1 aromatic carbocycles. The fraction of sp³-hybridized carbons (Fsp3) is 0.562. The summed E-state index contributed by atoms with van der Waals surface area (Å²) in [5, 5.41) is 13.6. The maximum Gasteiger partial charge on any atom is 0.339 e. The van der Waals surface area contributed by atoms with Gasteiger partial charge < -0.3 is 15.2 Å². The van der Waals surface area contributed by atoms with Crippen LogP contribution in [0.4, 0.5) is 0 Å². The lowest BCUT2D eigenvalue weighted by Crippen LogP contribution is -2.34. The lowest BCUT2D eigenvalue weighted by molar-refractivity contribution is 0.0515. The van der Waals surface area contributed by atoms with Crippen molar-refractivity contribution in [1.82, 2.24) is 5.32 Å². The second-order valence-corrected chi connectivity index (χ2v) is 5.48. The van der Waals surface area contributed by atoms with Crippen molar-refractivity contribution in [3.8, 4) is 0 Å². The van der Waals surface area contributed by atoms with Crippen molar-refractivity contribution in [2.75, 3.05) is 13.3 Å². The van der Waals surface area contributed by atoms with Crippen LogP contribution in [0.2, 0.25) is 0 Å². The molecule has 0 aliphatic heterocycles. The van der Waals surface area contributed by atoms with Gasteiger partial charge in [0.1, 0.15) is 6.73 Å². The Hall–Kier alpha value is -1.43. The average molecular weight is 292 g/mol. The molecular formula is C16H24N2O3. The predicted molar refractivity (Wildman–Crippen MR) is 80.7 cm³/mol. The van der Waals surface area contributed by atoms with E-state index < -0.39 is 12.1 Å². The van der Waals surface area contributed by atoms with E-state index in [0.717, 1.165) is 5.56 Å². The Balaban J connectivity index is 1.84. The Labute approximate surface area is 125 Å². The molecule has 0 spiro atoms. The highest BCUT2D eigenvalue weighted by Gasteiger charge is 2.15. The van der Waals surface area contributed by atoms with Crippen LogP contribution in [0.5, 0.6) is 0 Å². The largest absolute Gasteiger partial charge is 0.446 e. The minimum atomic E-state index is -0.563. The zero-order valence-corrected chi connectivity index (χ0v) is 12.3. The number of aliphatic hydroxyl groups excluding tert-OH is 1. The molecule has 0 aromatic heterocycles. The average Bonchev–Trinajstić information content (AvgIpc) is 2.54. The maximum atomic E-state index is 11.5. The third kappa shape index (κ3) is 4.81. The summed E-state index contributed by atoms with van der Waals surface area (Å²) >= 11 is 0. The van der Waals surface area contributed by atoms with E-state index in [1.165, 1.54) is 32.1 Å². The summed E-state index contributed by atoms with van der Waals surface area (Å²) in [7, 11) is 0. The SMILES string of the molecule is NCOC(=O)c1ccc(C(O)CNC2CCCCC2)cc1. The molecule has 5 nitrogen and oxygen atoms in total. The van der Waals surface area contributed by atoms with E-state index in [0.29, 0.717) is 18.2 Å². The molecule has 2 rings (SSSR count). The molecule has 4 N–H and O–H groups in total. The van der Waals surface area contributed by atoms with Crippen LogP contribution in [0, 0.1) is 0 Å². The standard InChI is InChI=1S/C16H24N2O3/c17-11-21-16(20)13-8-6-12(7-9-13)15(19)10-18-14-4-2-1-3-5-14/h6-9,14-15,18-19H,1-5,10-11,17H2. The monoisotopic (exact) mass is 292 g/mol. The second kappa shape index (κ2) is 8.12. The van der Waals surface area contributed by atoms with Crippen molar-refractivity contribution in [3.05, 3.63) is 35.4 Å². The third-order valence-electron chi connectivity index (χ3n) is 3.95. The van der Waals surface area contributed by atoms with Gasteiger partial charge >= 0.3 is 5.97 Å². The van der Waals surface area contributed by atoms with Gasteiger partial charge in [-0.3, -0.25) is 5.73 Å². The third-order valence-corrected chi connectivity index (χ3v) is 3.95. The van der Waals surface area contributed by atoms with E-state index in [1.54, 1.807) is 24.3 Å². The number of ether oxygens (including phenoxy) is 1. The van der Waals surface area contributed by atoms with Gasteiger partial charge in [0.05, 0.1) is 11.7 Å². The van der Waals surface area contributed by atoms with E-state index >= 15 is 0 Å². The van der Waals surface area contributed by atoms with Gasteiger partial charge in [0, 0.05) is 12.6 Å². The molecule has 1 aliphatic carbocycles. The van der Waals surface area contributed by atoms with Crippen LogP contribution in [0.1, 0.15) is 54.1 Å². The molecule has 1 saturated carbocycles. The lowest BCUT2D eigenvalue weighted by atomic mass is 9.95. The Morgan fingerprint density at radius 3 is 2.57 bits per heavy atom. The fourth-order valence-corrected chi connectivity index (χ4v) is 2.70. The van der Waals surface area contributed by atoms with Crippen LogP contribution in [-0.4, -0.2) is 30.4 Å². The summed E-state index contributed by atoms with van der Waals surface area (Å²) in [6.45, 7) is 0.409. The molecule has 1 unspecified atom stereocenters. The van der Waals surface area contributed by atoms with Crippen molar-refractivity contribution in [2.24, 2.45) is 5.73 Å². The molecule has 0 bridgehead atoms. The van der Waals surface area contributed by atoms with Gasteiger partial charge in [-0.05, 0) is 30.5 Å². The molecule has 1 aliphatic rings. The van der Waals surface area contributed by atoms with E-state index in [9.17, 15) is 9.90 Å². The number of nitrogens with two attached hydrogens (primary N) is 1.